The molecule has 0 unspecified atom stereocenters. The second-order valence-corrected chi connectivity index (χ2v) is 10.9. The quantitative estimate of drug-likeness (QED) is 0.357. The monoisotopic (exact) mass is 534 g/mol. The van der Waals surface area contributed by atoms with Gasteiger partial charge in [-0.15, -0.1) is 0 Å². The smallest absolute Gasteiger partial charge is 0.244 e. The molecule has 1 amide bonds. The Bertz CT molecular complexity index is 1300. The lowest BCUT2D eigenvalue weighted by Gasteiger charge is -2.24. The molecule has 1 N–H and O–H groups in total. The van der Waals surface area contributed by atoms with Crippen molar-refractivity contribution in [2.24, 2.45) is 0 Å². The molecule has 3 aromatic rings. The van der Waals surface area contributed by atoms with Crippen molar-refractivity contribution in [2.75, 3.05) is 18.5 Å². The summed E-state index contributed by atoms with van der Waals surface area (Å²) in [5.41, 5.74) is 3.35. The first-order valence-corrected chi connectivity index (χ1v) is 13.3. The summed E-state index contributed by atoms with van der Waals surface area (Å²) < 4.78 is 34.2. The molecular formula is C26H28Cl2N2O4S. The van der Waals surface area contributed by atoms with Crippen LogP contribution in [0.4, 0.5) is 5.69 Å². The predicted molar refractivity (Wildman–Crippen MR) is 141 cm³/mol. The zero-order valence-electron chi connectivity index (χ0n) is 20.1. The number of sulfonamides is 1. The van der Waals surface area contributed by atoms with Gasteiger partial charge < -0.3 is 10.1 Å². The van der Waals surface area contributed by atoms with Crippen molar-refractivity contribution in [3.05, 3.63) is 86.9 Å². The van der Waals surface area contributed by atoms with Crippen LogP contribution in [0.3, 0.4) is 0 Å². The van der Waals surface area contributed by atoms with Crippen molar-refractivity contribution < 1.29 is 17.9 Å². The van der Waals surface area contributed by atoms with Crippen LogP contribution in [0.2, 0.25) is 10.0 Å². The number of anilines is 1. The number of hydrogen-bond acceptors (Lipinski definition) is 4. The van der Waals surface area contributed by atoms with E-state index in [9.17, 15) is 13.2 Å². The van der Waals surface area contributed by atoms with Gasteiger partial charge in [-0.25, -0.2) is 8.42 Å². The van der Waals surface area contributed by atoms with Crippen molar-refractivity contribution in [2.45, 2.75) is 39.1 Å². The van der Waals surface area contributed by atoms with Crippen molar-refractivity contribution >= 4 is 44.8 Å². The van der Waals surface area contributed by atoms with Crippen LogP contribution in [0.5, 0.6) is 5.75 Å². The Kier molecular flexibility index (Phi) is 8.83. The highest BCUT2D eigenvalue weighted by molar-refractivity contribution is 7.89. The first-order valence-electron chi connectivity index (χ1n) is 11.1. The third-order valence-corrected chi connectivity index (χ3v) is 8.15. The molecule has 0 saturated carbocycles. The van der Waals surface area contributed by atoms with Crippen molar-refractivity contribution in [1.29, 1.82) is 0 Å². The third kappa shape index (κ3) is 6.76. The second-order valence-electron chi connectivity index (χ2n) is 8.25. The van der Waals surface area contributed by atoms with Crippen LogP contribution < -0.4 is 10.1 Å². The number of carbonyl (C=O) groups excluding carboxylic acids is 1. The van der Waals surface area contributed by atoms with Gasteiger partial charge in [-0.1, -0.05) is 47.0 Å². The van der Waals surface area contributed by atoms with E-state index in [-0.39, 0.29) is 18.0 Å². The fourth-order valence-electron chi connectivity index (χ4n) is 3.93. The highest BCUT2D eigenvalue weighted by atomic mass is 35.5. The number of carbonyl (C=O) groups is 1. The largest absolute Gasteiger partial charge is 0.494 e. The molecule has 0 aliphatic rings. The van der Waals surface area contributed by atoms with Crippen LogP contribution in [0.15, 0.2) is 59.5 Å². The summed E-state index contributed by atoms with van der Waals surface area (Å²) in [6.07, 6.45) is 0. The Morgan fingerprint density at radius 1 is 0.943 bits per heavy atom. The number of aryl methyl sites for hydroxylation is 3. The van der Waals surface area contributed by atoms with Crippen molar-refractivity contribution in [3.8, 4) is 5.75 Å². The molecule has 0 saturated heterocycles. The van der Waals surface area contributed by atoms with Crippen LogP contribution >= 0.6 is 23.2 Å². The van der Waals surface area contributed by atoms with Gasteiger partial charge in [-0.2, -0.15) is 4.31 Å². The molecule has 0 atom stereocenters. The van der Waals surface area contributed by atoms with E-state index >= 15 is 0 Å². The maximum atomic E-state index is 13.8. The Morgan fingerprint density at radius 3 is 2.14 bits per heavy atom. The van der Waals surface area contributed by atoms with E-state index in [0.717, 1.165) is 9.87 Å². The molecular weight excluding hydrogens is 507 g/mol. The zero-order chi connectivity index (χ0) is 25.8. The summed E-state index contributed by atoms with van der Waals surface area (Å²) in [7, 11) is -4.03. The lowest BCUT2D eigenvalue weighted by molar-refractivity contribution is -0.116. The lowest BCUT2D eigenvalue weighted by Crippen LogP contribution is -2.38. The van der Waals surface area contributed by atoms with E-state index in [1.165, 1.54) is 0 Å². The van der Waals surface area contributed by atoms with Crippen LogP contribution in [0.1, 0.15) is 29.2 Å². The molecule has 6 nitrogen and oxygen atoms in total. The molecule has 0 fully saturated rings. The molecule has 3 aromatic carbocycles. The zero-order valence-corrected chi connectivity index (χ0v) is 22.4. The topological polar surface area (TPSA) is 75.7 Å². The van der Waals surface area contributed by atoms with Gasteiger partial charge in [0.2, 0.25) is 15.9 Å². The van der Waals surface area contributed by atoms with Gasteiger partial charge in [-0.05, 0) is 80.8 Å². The first kappa shape index (κ1) is 27.0. The average molecular weight is 535 g/mol. The minimum atomic E-state index is -4.03. The van der Waals surface area contributed by atoms with Crippen molar-refractivity contribution in [1.82, 2.24) is 4.31 Å². The van der Waals surface area contributed by atoms with E-state index in [2.05, 4.69) is 5.32 Å². The number of benzene rings is 3. The molecule has 0 aromatic heterocycles. The Labute approximate surface area is 216 Å². The molecule has 0 radical (unpaired) electrons. The second kappa shape index (κ2) is 11.4. The van der Waals surface area contributed by atoms with E-state index < -0.39 is 15.9 Å². The van der Waals surface area contributed by atoms with E-state index in [4.69, 9.17) is 27.9 Å². The number of hydrogen-bond donors (Lipinski definition) is 1. The first-order chi connectivity index (χ1) is 16.5. The number of rotatable bonds is 9. The number of ether oxygens (including phenoxy) is 1. The SMILES string of the molecule is CCOc1ccc(NC(=O)CN(Cc2ccc(Cl)c(Cl)c2)S(=O)(=O)c2c(C)cc(C)cc2C)cc1. The van der Waals surface area contributed by atoms with E-state index in [1.54, 1.807) is 56.3 Å². The van der Waals surface area contributed by atoms with Gasteiger partial charge in [0.05, 0.1) is 28.1 Å². The molecule has 0 aliphatic heterocycles. The van der Waals surface area contributed by atoms with Crippen LogP contribution in [0.25, 0.3) is 0 Å². The average Bonchev–Trinajstić information content (AvgIpc) is 2.76. The summed E-state index contributed by atoms with van der Waals surface area (Å²) in [4.78, 5) is 13.1. The summed E-state index contributed by atoms with van der Waals surface area (Å²) in [5.74, 6) is 0.208. The Morgan fingerprint density at radius 2 is 1.57 bits per heavy atom. The summed E-state index contributed by atoms with van der Waals surface area (Å²) in [5, 5.41) is 3.43. The van der Waals surface area contributed by atoms with Crippen LogP contribution in [-0.2, 0) is 21.4 Å². The van der Waals surface area contributed by atoms with Gasteiger partial charge in [-0.3, -0.25) is 4.79 Å². The molecule has 186 valence electrons. The number of amides is 1. The van der Waals surface area contributed by atoms with E-state index in [0.29, 0.717) is 44.8 Å². The van der Waals surface area contributed by atoms with Gasteiger partial charge in [0.25, 0.3) is 0 Å². The highest BCUT2D eigenvalue weighted by Gasteiger charge is 2.30. The molecule has 0 aliphatic carbocycles. The molecule has 9 heteroatoms. The fourth-order valence-corrected chi connectivity index (χ4v) is 6.05. The lowest BCUT2D eigenvalue weighted by atomic mass is 10.1. The highest BCUT2D eigenvalue weighted by Crippen LogP contribution is 2.28. The molecule has 3 rings (SSSR count). The summed E-state index contributed by atoms with van der Waals surface area (Å²) in [6.45, 7) is 7.40. The summed E-state index contributed by atoms with van der Waals surface area (Å²) in [6, 6.07) is 15.4. The normalized spacial score (nSPS) is 11.5. The summed E-state index contributed by atoms with van der Waals surface area (Å²) >= 11 is 12.2. The Balaban J connectivity index is 1.93. The van der Waals surface area contributed by atoms with Crippen LogP contribution in [-0.4, -0.2) is 31.8 Å². The van der Waals surface area contributed by atoms with Gasteiger partial charge in [0.1, 0.15) is 5.75 Å². The molecule has 35 heavy (non-hydrogen) atoms. The minimum absolute atomic E-state index is 0.0529. The Hall–Kier alpha value is -2.58. The van der Waals surface area contributed by atoms with Gasteiger partial charge in [0, 0.05) is 12.2 Å². The molecule has 0 bridgehead atoms. The maximum Gasteiger partial charge on any atom is 0.244 e. The van der Waals surface area contributed by atoms with Crippen molar-refractivity contribution in [3.63, 3.8) is 0 Å². The number of nitrogens with one attached hydrogen (secondary N) is 1. The molecule has 0 heterocycles. The standard InChI is InChI=1S/C26H28Cl2N2O4S/c1-5-34-22-9-7-21(8-10-22)29-25(31)16-30(15-20-6-11-23(27)24(28)14-20)35(32,33)26-18(3)12-17(2)13-19(26)4/h6-14H,5,15-16H2,1-4H3,(H,29,31). The predicted octanol–water partition coefficient (Wildman–Crippen LogP) is 6.15. The number of halogens is 2. The maximum absolute atomic E-state index is 13.8. The van der Waals surface area contributed by atoms with Gasteiger partial charge >= 0.3 is 0 Å². The van der Waals surface area contributed by atoms with Crippen LogP contribution in [0, 0.1) is 20.8 Å². The fraction of sp³-hybridized carbons (Fsp3) is 0.269. The third-order valence-electron chi connectivity index (χ3n) is 5.31. The minimum Gasteiger partial charge on any atom is -0.494 e. The number of nitrogens with zero attached hydrogens (tertiary/aromatic N) is 1. The molecule has 0 spiro atoms. The van der Waals surface area contributed by atoms with Gasteiger partial charge in [0.15, 0.2) is 0 Å². The van der Waals surface area contributed by atoms with E-state index in [1.807, 2.05) is 26.0 Å².